The van der Waals surface area contributed by atoms with E-state index >= 15 is 0 Å². The molecule has 0 saturated carbocycles. The Balaban J connectivity index is 2.52. The minimum atomic E-state index is 0.248. The molecule has 0 atom stereocenters. The number of rotatable bonds is 8. The SMILES string of the molecule is CC1(CNCCN)CN(CCN)CN(CCN)C1. The average molecular weight is 258 g/mol. The Hall–Kier alpha value is -0.240. The van der Waals surface area contributed by atoms with Crippen LogP contribution in [0.15, 0.2) is 0 Å². The lowest BCUT2D eigenvalue weighted by Crippen LogP contribution is -2.59. The lowest BCUT2D eigenvalue weighted by atomic mass is 9.87. The molecule has 1 rings (SSSR count). The van der Waals surface area contributed by atoms with Crippen LogP contribution in [0.3, 0.4) is 0 Å². The fourth-order valence-electron chi connectivity index (χ4n) is 2.78. The maximum absolute atomic E-state index is 5.67. The summed E-state index contributed by atoms with van der Waals surface area (Å²) in [7, 11) is 0. The van der Waals surface area contributed by atoms with E-state index in [-0.39, 0.29) is 5.41 Å². The van der Waals surface area contributed by atoms with Gasteiger partial charge in [-0.15, -0.1) is 0 Å². The Morgan fingerprint density at radius 1 is 1.00 bits per heavy atom. The van der Waals surface area contributed by atoms with Gasteiger partial charge in [0.1, 0.15) is 0 Å². The van der Waals surface area contributed by atoms with E-state index in [1.54, 1.807) is 0 Å². The number of nitrogens with zero attached hydrogens (tertiary/aromatic N) is 2. The quantitative estimate of drug-likeness (QED) is 0.377. The van der Waals surface area contributed by atoms with Crippen molar-refractivity contribution in [3.8, 4) is 0 Å². The summed E-state index contributed by atoms with van der Waals surface area (Å²) in [6, 6.07) is 0. The van der Waals surface area contributed by atoms with E-state index in [4.69, 9.17) is 17.2 Å². The molecule has 0 amide bonds. The van der Waals surface area contributed by atoms with Gasteiger partial charge in [-0.2, -0.15) is 0 Å². The second kappa shape index (κ2) is 8.04. The van der Waals surface area contributed by atoms with Crippen molar-refractivity contribution in [2.45, 2.75) is 6.92 Å². The first-order valence-corrected chi connectivity index (χ1v) is 6.89. The third-order valence-electron chi connectivity index (χ3n) is 3.37. The summed E-state index contributed by atoms with van der Waals surface area (Å²) in [5.41, 5.74) is 17.1. The predicted molar refractivity (Wildman–Crippen MR) is 76.2 cm³/mol. The Labute approximate surface area is 111 Å². The second-order valence-electron chi connectivity index (χ2n) is 5.60. The van der Waals surface area contributed by atoms with Crippen LogP contribution in [-0.4, -0.2) is 75.4 Å². The maximum atomic E-state index is 5.67. The summed E-state index contributed by atoms with van der Waals surface area (Å²) in [5, 5.41) is 3.43. The van der Waals surface area contributed by atoms with Crippen LogP contribution >= 0.6 is 0 Å². The Morgan fingerprint density at radius 2 is 1.56 bits per heavy atom. The van der Waals surface area contributed by atoms with Crippen LogP contribution in [0, 0.1) is 5.41 Å². The van der Waals surface area contributed by atoms with Gasteiger partial charge in [-0.1, -0.05) is 6.92 Å². The van der Waals surface area contributed by atoms with E-state index in [9.17, 15) is 0 Å². The number of nitrogens with one attached hydrogen (secondary N) is 1. The molecule has 18 heavy (non-hydrogen) atoms. The molecule has 0 spiro atoms. The summed E-state index contributed by atoms with van der Waals surface area (Å²) in [5.74, 6) is 0. The molecule has 0 unspecified atom stereocenters. The predicted octanol–water partition coefficient (Wildman–Crippen LogP) is -1.97. The van der Waals surface area contributed by atoms with Crippen LogP contribution in [0.5, 0.6) is 0 Å². The fourth-order valence-corrected chi connectivity index (χ4v) is 2.78. The second-order valence-corrected chi connectivity index (χ2v) is 5.60. The van der Waals surface area contributed by atoms with Crippen molar-refractivity contribution in [3.05, 3.63) is 0 Å². The zero-order valence-electron chi connectivity index (χ0n) is 11.7. The molecule has 7 N–H and O–H groups in total. The average Bonchev–Trinajstić information content (AvgIpc) is 2.29. The molecule has 1 aliphatic heterocycles. The van der Waals surface area contributed by atoms with Crippen molar-refractivity contribution in [1.82, 2.24) is 15.1 Å². The molecule has 0 radical (unpaired) electrons. The third kappa shape index (κ3) is 5.17. The summed E-state index contributed by atoms with van der Waals surface area (Å²) in [6.45, 7) is 11.4. The van der Waals surface area contributed by atoms with E-state index in [0.29, 0.717) is 19.6 Å². The Morgan fingerprint density at radius 3 is 2.00 bits per heavy atom. The van der Waals surface area contributed by atoms with Crippen molar-refractivity contribution in [1.29, 1.82) is 0 Å². The van der Waals surface area contributed by atoms with Crippen LogP contribution < -0.4 is 22.5 Å². The Bertz CT molecular complexity index is 209. The van der Waals surface area contributed by atoms with Crippen LogP contribution in [0.4, 0.5) is 0 Å². The van der Waals surface area contributed by atoms with E-state index in [1.165, 1.54) is 0 Å². The van der Waals surface area contributed by atoms with Crippen molar-refractivity contribution in [2.24, 2.45) is 22.6 Å². The van der Waals surface area contributed by atoms with Gasteiger partial charge in [0.05, 0.1) is 6.67 Å². The normalized spacial score (nSPS) is 21.3. The van der Waals surface area contributed by atoms with Crippen molar-refractivity contribution in [2.75, 3.05) is 65.6 Å². The number of hydrogen-bond donors (Lipinski definition) is 4. The largest absolute Gasteiger partial charge is 0.329 e. The first-order chi connectivity index (χ1) is 8.63. The highest BCUT2D eigenvalue weighted by Crippen LogP contribution is 2.23. The highest BCUT2D eigenvalue weighted by Gasteiger charge is 2.33. The van der Waals surface area contributed by atoms with Gasteiger partial charge in [0.2, 0.25) is 0 Å². The van der Waals surface area contributed by atoms with Gasteiger partial charge < -0.3 is 22.5 Å². The summed E-state index contributed by atoms with van der Waals surface area (Å²) in [4.78, 5) is 4.84. The highest BCUT2D eigenvalue weighted by atomic mass is 15.3. The summed E-state index contributed by atoms with van der Waals surface area (Å²) < 4.78 is 0. The molecule has 0 aromatic heterocycles. The summed E-state index contributed by atoms with van der Waals surface area (Å²) in [6.07, 6.45) is 0. The van der Waals surface area contributed by atoms with E-state index in [2.05, 4.69) is 22.0 Å². The molecular formula is C12H30N6. The van der Waals surface area contributed by atoms with E-state index in [0.717, 1.165) is 45.9 Å². The minimum absolute atomic E-state index is 0.248. The lowest BCUT2D eigenvalue weighted by molar-refractivity contribution is 0.00423. The molecule has 0 aromatic rings. The van der Waals surface area contributed by atoms with Gasteiger partial charge in [0.25, 0.3) is 0 Å². The van der Waals surface area contributed by atoms with Gasteiger partial charge in [-0.3, -0.25) is 9.80 Å². The monoisotopic (exact) mass is 258 g/mol. The highest BCUT2D eigenvalue weighted by molar-refractivity contribution is 4.88. The van der Waals surface area contributed by atoms with Crippen LogP contribution in [0.1, 0.15) is 6.92 Å². The molecule has 1 fully saturated rings. The Kier molecular flexibility index (Phi) is 7.06. The van der Waals surface area contributed by atoms with Gasteiger partial charge in [0.15, 0.2) is 0 Å². The molecule has 1 aliphatic rings. The van der Waals surface area contributed by atoms with Crippen LogP contribution in [0.2, 0.25) is 0 Å². The smallest absolute Gasteiger partial charge is 0.0507 e. The number of hydrogen-bond acceptors (Lipinski definition) is 6. The van der Waals surface area contributed by atoms with Crippen molar-refractivity contribution >= 4 is 0 Å². The molecule has 1 heterocycles. The molecule has 0 aromatic carbocycles. The van der Waals surface area contributed by atoms with Gasteiger partial charge in [-0.05, 0) is 0 Å². The maximum Gasteiger partial charge on any atom is 0.0507 e. The van der Waals surface area contributed by atoms with Crippen LogP contribution in [-0.2, 0) is 0 Å². The molecule has 1 saturated heterocycles. The fraction of sp³-hybridized carbons (Fsp3) is 1.00. The van der Waals surface area contributed by atoms with Gasteiger partial charge in [0, 0.05) is 64.3 Å². The molecule has 6 heteroatoms. The van der Waals surface area contributed by atoms with Crippen molar-refractivity contribution in [3.63, 3.8) is 0 Å². The summed E-state index contributed by atoms with van der Waals surface area (Å²) >= 11 is 0. The topological polar surface area (TPSA) is 96.6 Å². The van der Waals surface area contributed by atoms with Gasteiger partial charge >= 0.3 is 0 Å². The zero-order valence-corrected chi connectivity index (χ0v) is 11.7. The first-order valence-electron chi connectivity index (χ1n) is 6.89. The molecule has 6 nitrogen and oxygen atoms in total. The van der Waals surface area contributed by atoms with Crippen molar-refractivity contribution < 1.29 is 0 Å². The molecular weight excluding hydrogens is 228 g/mol. The van der Waals surface area contributed by atoms with E-state index in [1.807, 2.05) is 0 Å². The zero-order chi connectivity index (χ0) is 13.4. The standard InChI is InChI=1S/C12H30N6/c1-12(8-16-5-2-13)9-17(6-3-14)11-18(10-12)7-4-15/h16H,2-11,13-15H2,1H3. The molecule has 0 aliphatic carbocycles. The minimum Gasteiger partial charge on any atom is -0.329 e. The third-order valence-corrected chi connectivity index (χ3v) is 3.37. The number of nitrogens with two attached hydrogens (primary N) is 3. The molecule has 108 valence electrons. The lowest BCUT2D eigenvalue weighted by Gasteiger charge is -2.46. The van der Waals surface area contributed by atoms with E-state index < -0.39 is 0 Å². The van der Waals surface area contributed by atoms with Gasteiger partial charge in [-0.25, -0.2) is 0 Å². The molecule has 0 bridgehead atoms. The van der Waals surface area contributed by atoms with Crippen LogP contribution in [0.25, 0.3) is 0 Å². The first kappa shape index (κ1) is 15.8.